The Balaban J connectivity index is 1.34. The number of ether oxygens (including phenoxy) is 2. The van der Waals surface area contributed by atoms with Gasteiger partial charge in [0.15, 0.2) is 0 Å². The van der Waals surface area contributed by atoms with Crippen molar-refractivity contribution in [1.29, 1.82) is 0 Å². The van der Waals surface area contributed by atoms with Crippen molar-refractivity contribution in [2.45, 2.75) is 64.1 Å². The SMILES string of the molecule is CC(=O)Nc1ccc(C(=O)N[C@@H](C)C(=O)N2CCCC2C(=O)N[C@H]2CC(=O)O[C@H]2OCc2ccc(Cl)cc2)cc1Cl. The first-order chi connectivity index (χ1) is 19.5. The minimum absolute atomic E-state index is 0.0621. The maximum atomic E-state index is 13.3. The van der Waals surface area contributed by atoms with E-state index in [4.69, 9.17) is 32.7 Å². The maximum absolute atomic E-state index is 13.3. The molecule has 11 nitrogen and oxygen atoms in total. The summed E-state index contributed by atoms with van der Waals surface area (Å²) < 4.78 is 11.0. The molecule has 4 amide bonds. The predicted octanol–water partition coefficient (Wildman–Crippen LogP) is 3.04. The number of rotatable bonds is 9. The van der Waals surface area contributed by atoms with Crippen LogP contribution in [-0.4, -0.2) is 65.5 Å². The van der Waals surface area contributed by atoms with E-state index in [0.29, 0.717) is 30.1 Å². The van der Waals surface area contributed by atoms with Gasteiger partial charge in [-0.2, -0.15) is 0 Å². The van der Waals surface area contributed by atoms with Gasteiger partial charge in [-0.15, -0.1) is 0 Å². The summed E-state index contributed by atoms with van der Waals surface area (Å²) in [6.07, 6.45) is -0.0138. The summed E-state index contributed by atoms with van der Waals surface area (Å²) in [4.78, 5) is 63.9. The molecule has 0 saturated carbocycles. The molecule has 2 fully saturated rings. The lowest BCUT2D eigenvalue weighted by atomic mass is 10.1. The van der Waals surface area contributed by atoms with E-state index in [1.807, 2.05) is 0 Å². The third kappa shape index (κ3) is 7.75. The number of nitrogens with one attached hydrogen (secondary N) is 3. The molecule has 0 radical (unpaired) electrons. The Labute approximate surface area is 246 Å². The Hall–Kier alpha value is -3.67. The molecule has 41 heavy (non-hydrogen) atoms. The van der Waals surface area contributed by atoms with Crippen LogP contribution < -0.4 is 16.0 Å². The molecule has 4 atom stereocenters. The molecule has 2 aliphatic heterocycles. The summed E-state index contributed by atoms with van der Waals surface area (Å²) in [6.45, 7) is 3.36. The first kappa shape index (κ1) is 30.3. The predicted molar refractivity (Wildman–Crippen MR) is 150 cm³/mol. The van der Waals surface area contributed by atoms with Gasteiger partial charge in [-0.25, -0.2) is 0 Å². The molecule has 2 aliphatic rings. The molecule has 4 rings (SSSR count). The fourth-order valence-corrected chi connectivity index (χ4v) is 5.04. The van der Waals surface area contributed by atoms with Crippen LogP contribution in [0.3, 0.4) is 0 Å². The van der Waals surface area contributed by atoms with Gasteiger partial charge in [0.1, 0.15) is 18.1 Å². The fraction of sp³-hybridized carbons (Fsp3) is 0.393. The van der Waals surface area contributed by atoms with Crippen LogP contribution in [0.4, 0.5) is 5.69 Å². The van der Waals surface area contributed by atoms with Crippen molar-refractivity contribution in [2.24, 2.45) is 0 Å². The van der Waals surface area contributed by atoms with Gasteiger partial charge in [-0.3, -0.25) is 24.0 Å². The smallest absolute Gasteiger partial charge is 0.310 e. The highest BCUT2D eigenvalue weighted by molar-refractivity contribution is 6.34. The molecule has 2 aromatic carbocycles. The highest BCUT2D eigenvalue weighted by Gasteiger charge is 2.41. The van der Waals surface area contributed by atoms with Crippen LogP contribution in [0.2, 0.25) is 10.0 Å². The number of hydrogen-bond donors (Lipinski definition) is 3. The number of benzene rings is 2. The number of nitrogens with zero attached hydrogens (tertiary/aromatic N) is 1. The largest absolute Gasteiger partial charge is 0.433 e. The summed E-state index contributed by atoms with van der Waals surface area (Å²) in [7, 11) is 0. The lowest BCUT2D eigenvalue weighted by molar-refractivity contribution is -0.168. The van der Waals surface area contributed by atoms with E-state index >= 15 is 0 Å². The fourth-order valence-electron chi connectivity index (χ4n) is 4.68. The molecule has 218 valence electrons. The molecule has 0 bridgehead atoms. The van der Waals surface area contributed by atoms with E-state index in [-0.39, 0.29) is 29.5 Å². The first-order valence-corrected chi connectivity index (χ1v) is 13.8. The molecule has 3 N–H and O–H groups in total. The molecule has 0 aliphatic carbocycles. The Morgan fingerprint density at radius 1 is 1.12 bits per heavy atom. The van der Waals surface area contributed by atoms with E-state index in [0.717, 1.165) is 5.56 Å². The van der Waals surface area contributed by atoms with E-state index in [2.05, 4.69) is 16.0 Å². The van der Waals surface area contributed by atoms with Crippen molar-refractivity contribution in [3.8, 4) is 0 Å². The second-order valence-electron chi connectivity index (χ2n) is 9.88. The second-order valence-corrected chi connectivity index (χ2v) is 10.7. The molecule has 0 spiro atoms. The molecular formula is C28H30Cl2N4O7. The molecular weight excluding hydrogens is 575 g/mol. The summed E-state index contributed by atoms with van der Waals surface area (Å²) in [6, 6.07) is 8.93. The van der Waals surface area contributed by atoms with Crippen LogP contribution in [0.15, 0.2) is 42.5 Å². The van der Waals surface area contributed by atoms with Gasteiger partial charge in [0.25, 0.3) is 5.91 Å². The topological polar surface area (TPSA) is 143 Å². The van der Waals surface area contributed by atoms with Crippen molar-refractivity contribution in [3.05, 3.63) is 63.6 Å². The number of carbonyl (C=O) groups excluding carboxylic acids is 5. The minimum Gasteiger partial charge on any atom is -0.433 e. The van der Waals surface area contributed by atoms with Crippen LogP contribution >= 0.6 is 23.2 Å². The highest BCUT2D eigenvalue weighted by atomic mass is 35.5. The maximum Gasteiger partial charge on any atom is 0.310 e. The van der Waals surface area contributed by atoms with Gasteiger partial charge < -0.3 is 30.3 Å². The Bertz CT molecular complexity index is 1340. The Kier molecular flexibility index (Phi) is 9.85. The van der Waals surface area contributed by atoms with Gasteiger partial charge >= 0.3 is 5.97 Å². The lowest BCUT2D eigenvalue weighted by Crippen LogP contribution is -2.54. The summed E-state index contributed by atoms with van der Waals surface area (Å²) in [5.41, 5.74) is 1.38. The third-order valence-corrected chi connectivity index (χ3v) is 7.28. The number of halogens is 2. The van der Waals surface area contributed by atoms with Gasteiger partial charge in [0.2, 0.25) is 24.0 Å². The number of cyclic esters (lactones) is 1. The number of amides is 4. The normalized spacial score (nSPS) is 20.7. The number of hydrogen-bond acceptors (Lipinski definition) is 7. The van der Waals surface area contributed by atoms with Gasteiger partial charge in [0.05, 0.1) is 23.7 Å². The van der Waals surface area contributed by atoms with Crippen LogP contribution in [0, 0.1) is 0 Å². The van der Waals surface area contributed by atoms with Crippen molar-refractivity contribution < 1.29 is 33.4 Å². The van der Waals surface area contributed by atoms with E-state index in [9.17, 15) is 24.0 Å². The van der Waals surface area contributed by atoms with Crippen molar-refractivity contribution in [1.82, 2.24) is 15.5 Å². The number of carbonyl (C=O) groups is 5. The van der Waals surface area contributed by atoms with E-state index in [1.54, 1.807) is 24.3 Å². The number of esters is 1. The quantitative estimate of drug-likeness (QED) is 0.373. The first-order valence-electron chi connectivity index (χ1n) is 13.1. The highest BCUT2D eigenvalue weighted by Crippen LogP contribution is 2.24. The zero-order valence-electron chi connectivity index (χ0n) is 22.4. The summed E-state index contributed by atoms with van der Waals surface area (Å²) >= 11 is 12.1. The van der Waals surface area contributed by atoms with Crippen LogP contribution in [0.1, 0.15) is 49.0 Å². The minimum atomic E-state index is -0.977. The molecule has 2 heterocycles. The summed E-state index contributed by atoms with van der Waals surface area (Å²) in [5, 5.41) is 8.76. The van der Waals surface area contributed by atoms with Gasteiger partial charge in [-0.05, 0) is 55.7 Å². The standard InChI is InChI=1S/C28H30Cl2N4O7/c1-15(31-25(37)18-7-10-21(20(30)12-18)32-16(2)35)27(39)34-11-3-4-23(34)26(38)33-22-13-24(36)41-28(22)40-14-17-5-8-19(29)9-6-17/h5-10,12,15,22-23,28H,3-4,11,13-14H2,1-2H3,(H,31,37)(H,32,35)(H,33,38)/t15-,22-,23?,28+/m0/s1. The average molecular weight is 605 g/mol. The van der Waals surface area contributed by atoms with Gasteiger partial charge in [0, 0.05) is 24.1 Å². The van der Waals surface area contributed by atoms with Crippen LogP contribution in [-0.2, 0) is 35.3 Å². The van der Waals surface area contributed by atoms with E-state index in [1.165, 1.54) is 36.9 Å². The summed E-state index contributed by atoms with van der Waals surface area (Å²) in [5.74, 6) is -2.20. The lowest BCUT2D eigenvalue weighted by Gasteiger charge is -2.28. The second kappa shape index (κ2) is 13.3. The van der Waals surface area contributed by atoms with Crippen LogP contribution in [0.25, 0.3) is 0 Å². The van der Waals surface area contributed by atoms with Gasteiger partial charge in [-0.1, -0.05) is 35.3 Å². The number of anilines is 1. The van der Waals surface area contributed by atoms with E-state index < -0.39 is 48.1 Å². The third-order valence-electron chi connectivity index (χ3n) is 6.72. The van der Waals surface area contributed by atoms with Crippen molar-refractivity contribution in [3.63, 3.8) is 0 Å². The van der Waals surface area contributed by atoms with Crippen molar-refractivity contribution in [2.75, 3.05) is 11.9 Å². The molecule has 0 aromatic heterocycles. The zero-order chi connectivity index (χ0) is 29.7. The molecule has 1 unspecified atom stereocenters. The molecule has 2 saturated heterocycles. The molecule has 13 heteroatoms. The Morgan fingerprint density at radius 3 is 2.54 bits per heavy atom. The monoisotopic (exact) mass is 604 g/mol. The number of likely N-dealkylation sites (tertiary alicyclic amines) is 1. The Morgan fingerprint density at radius 2 is 1.85 bits per heavy atom. The average Bonchev–Trinajstić information content (AvgIpc) is 3.55. The van der Waals surface area contributed by atoms with Crippen molar-refractivity contribution >= 4 is 58.5 Å². The zero-order valence-corrected chi connectivity index (χ0v) is 24.0. The molecule has 2 aromatic rings. The van der Waals surface area contributed by atoms with Crippen LogP contribution in [0.5, 0.6) is 0 Å².